The Kier molecular flexibility index (Phi) is 3.83. The van der Waals surface area contributed by atoms with Gasteiger partial charge in [-0.1, -0.05) is 11.6 Å². The van der Waals surface area contributed by atoms with Crippen LogP contribution in [0.15, 0.2) is 18.2 Å². The van der Waals surface area contributed by atoms with Gasteiger partial charge in [0.15, 0.2) is 0 Å². The van der Waals surface area contributed by atoms with Gasteiger partial charge in [-0.2, -0.15) is 0 Å². The maximum atomic E-state index is 11.9. The molecule has 17 heavy (non-hydrogen) atoms. The van der Waals surface area contributed by atoms with Crippen molar-refractivity contribution in [1.82, 2.24) is 10.4 Å². The minimum atomic E-state index is -0.369. The smallest absolute Gasteiger partial charge is 0.269 e. The summed E-state index contributed by atoms with van der Waals surface area (Å²) in [6.45, 7) is 2.43. The van der Waals surface area contributed by atoms with Crippen LogP contribution in [0.2, 0.25) is 5.02 Å². The Morgan fingerprint density at radius 1 is 1.41 bits per heavy atom. The van der Waals surface area contributed by atoms with Gasteiger partial charge in [0, 0.05) is 18.1 Å². The molecular weight excluding hydrogens is 244 g/mol. The Labute approximate surface area is 104 Å². The molecule has 0 unspecified atom stereocenters. The second-order valence-corrected chi connectivity index (χ2v) is 4.14. The van der Waals surface area contributed by atoms with E-state index in [1.807, 2.05) is 0 Å². The summed E-state index contributed by atoms with van der Waals surface area (Å²) in [5.74, 6) is -0.452. The lowest BCUT2D eigenvalue weighted by atomic mass is 10.2. The van der Waals surface area contributed by atoms with Crippen molar-refractivity contribution in [1.29, 1.82) is 0 Å². The third-order valence-corrected chi connectivity index (χ3v) is 2.71. The van der Waals surface area contributed by atoms with E-state index in [-0.39, 0.29) is 17.2 Å². The number of benzene rings is 1. The average molecular weight is 257 g/mol. The predicted octanol–water partition coefficient (Wildman–Crippen LogP) is 1.02. The fraction of sp³-hybridized carbons (Fsp3) is 0.364. The predicted molar refractivity (Wildman–Crippen MR) is 63.0 cm³/mol. The Morgan fingerprint density at radius 2 is 2.12 bits per heavy atom. The fourth-order valence-corrected chi connectivity index (χ4v) is 1.74. The van der Waals surface area contributed by atoms with E-state index < -0.39 is 0 Å². The highest BCUT2D eigenvalue weighted by Crippen LogP contribution is 2.21. The summed E-state index contributed by atoms with van der Waals surface area (Å²) in [5, 5.41) is 11.7. The molecule has 1 amide bonds. The summed E-state index contributed by atoms with van der Waals surface area (Å²) < 4.78 is 5.17. The SMILES string of the molecule is O=C(NN1CCOCC1)c1cc(Cl)ccc1O. The van der Waals surface area contributed by atoms with Gasteiger partial charge in [-0.05, 0) is 18.2 Å². The molecule has 1 aromatic rings. The molecule has 0 aliphatic carbocycles. The van der Waals surface area contributed by atoms with Crippen molar-refractivity contribution in [2.75, 3.05) is 26.3 Å². The van der Waals surface area contributed by atoms with Gasteiger partial charge in [-0.3, -0.25) is 10.2 Å². The molecule has 0 bridgehead atoms. The Bertz CT molecular complexity index is 419. The highest BCUT2D eigenvalue weighted by molar-refractivity contribution is 6.31. The lowest BCUT2D eigenvalue weighted by Gasteiger charge is -2.27. The fourth-order valence-electron chi connectivity index (χ4n) is 1.57. The average Bonchev–Trinajstić information content (AvgIpc) is 2.33. The molecule has 1 aromatic carbocycles. The van der Waals surface area contributed by atoms with Gasteiger partial charge in [0.2, 0.25) is 0 Å². The summed E-state index contributed by atoms with van der Waals surface area (Å²) >= 11 is 5.78. The van der Waals surface area contributed by atoms with Crippen LogP contribution < -0.4 is 5.43 Å². The number of carbonyl (C=O) groups excluding carboxylic acids is 1. The topological polar surface area (TPSA) is 61.8 Å². The molecule has 0 aromatic heterocycles. The van der Waals surface area contributed by atoms with Crippen molar-refractivity contribution in [3.8, 4) is 5.75 Å². The van der Waals surface area contributed by atoms with Crippen LogP contribution in [-0.2, 0) is 4.74 Å². The van der Waals surface area contributed by atoms with E-state index in [1.54, 1.807) is 5.01 Å². The largest absolute Gasteiger partial charge is 0.507 e. The summed E-state index contributed by atoms with van der Waals surface area (Å²) in [7, 11) is 0. The summed E-state index contributed by atoms with van der Waals surface area (Å²) in [6.07, 6.45) is 0. The van der Waals surface area contributed by atoms with E-state index in [2.05, 4.69) is 5.43 Å². The molecule has 2 N–H and O–H groups in total. The minimum Gasteiger partial charge on any atom is -0.507 e. The van der Waals surface area contributed by atoms with Gasteiger partial charge >= 0.3 is 0 Å². The monoisotopic (exact) mass is 256 g/mol. The van der Waals surface area contributed by atoms with Crippen LogP contribution in [0.25, 0.3) is 0 Å². The Balaban J connectivity index is 2.05. The summed E-state index contributed by atoms with van der Waals surface area (Å²) in [5.41, 5.74) is 2.87. The van der Waals surface area contributed by atoms with E-state index in [1.165, 1.54) is 18.2 Å². The number of nitrogens with one attached hydrogen (secondary N) is 1. The number of phenols is 1. The van der Waals surface area contributed by atoms with Gasteiger partial charge in [0.25, 0.3) is 5.91 Å². The molecular formula is C11H13ClN2O3. The summed E-state index contributed by atoms with van der Waals surface area (Å²) in [4.78, 5) is 11.9. The number of amides is 1. The van der Waals surface area contributed by atoms with Crippen LogP contribution in [0.5, 0.6) is 5.75 Å². The lowest BCUT2D eigenvalue weighted by Crippen LogP contribution is -2.48. The van der Waals surface area contributed by atoms with Gasteiger partial charge in [0.05, 0.1) is 18.8 Å². The zero-order valence-electron chi connectivity index (χ0n) is 9.15. The molecule has 92 valence electrons. The van der Waals surface area contributed by atoms with Crippen molar-refractivity contribution < 1.29 is 14.6 Å². The molecule has 1 aliphatic heterocycles. The highest BCUT2D eigenvalue weighted by atomic mass is 35.5. The minimum absolute atomic E-state index is 0.0832. The van der Waals surface area contributed by atoms with Crippen molar-refractivity contribution >= 4 is 17.5 Å². The van der Waals surface area contributed by atoms with Crippen LogP contribution in [0.1, 0.15) is 10.4 Å². The second-order valence-electron chi connectivity index (χ2n) is 3.70. The van der Waals surface area contributed by atoms with Crippen molar-refractivity contribution in [2.45, 2.75) is 0 Å². The number of halogens is 1. The van der Waals surface area contributed by atoms with Gasteiger partial charge in [-0.15, -0.1) is 0 Å². The van der Waals surface area contributed by atoms with Crippen LogP contribution in [0.4, 0.5) is 0 Å². The molecule has 5 nitrogen and oxygen atoms in total. The number of hydrogen-bond acceptors (Lipinski definition) is 4. The summed E-state index contributed by atoms with van der Waals surface area (Å²) in [6, 6.07) is 4.37. The van der Waals surface area contributed by atoms with E-state index in [0.29, 0.717) is 31.3 Å². The van der Waals surface area contributed by atoms with E-state index in [9.17, 15) is 9.90 Å². The number of carbonyl (C=O) groups is 1. The van der Waals surface area contributed by atoms with Crippen molar-refractivity contribution in [3.05, 3.63) is 28.8 Å². The molecule has 1 saturated heterocycles. The van der Waals surface area contributed by atoms with Crippen molar-refractivity contribution in [2.24, 2.45) is 0 Å². The van der Waals surface area contributed by atoms with Gasteiger partial charge in [0.1, 0.15) is 5.75 Å². The number of aromatic hydroxyl groups is 1. The third-order valence-electron chi connectivity index (χ3n) is 2.47. The van der Waals surface area contributed by atoms with Crippen LogP contribution in [0.3, 0.4) is 0 Å². The number of hydrazine groups is 1. The normalized spacial score (nSPS) is 16.8. The molecule has 6 heteroatoms. The van der Waals surface area contributed by atoms with Crippen molar-refractivity contribution in [3.63, 3.8) is 0 Å². The van der Waals surface area contributed by atoms with Crippen LogP contribution >= 0.6 is 11.6 Å². The first-order chi connectivity index (χ1) is 8.16. The van der Waals surface area contributed by atoms with E-state index >= 15 is 0 Å². The molecule has 0 spiro atoms. The highest BCUT2D eigenvalue weighted by Gasteiger charge is 2.16. The second kappa shape index (κ2) is 5.35. The first-order valence-corrected chi connectivity index (χ1v) is 5.67. The standard InChI is InChI=1S/C11H13ClN2O3/c12-8-1-2-10(15)9(7-8)11(16)13-14-3-5-17-6-4-14/h1-2,7,15H,3-6H2,(H,13,16). The quantitative estimate of drug-likeness (QED) is 0.830. The third kappa shape index (κ3) is 3.09. The number of rotatable bonds is 2. The first kappa shape index (κ1) is 12.2. The maximum absolute atomic E-state index is 11.9. The molecule has 0 atom stereocenters. The molecule has 1 aliphatic rings. The number of phenolic OH excluding ortho intramolecular Hbond substituents is 1. The number of morpholine rings is 1. The molecule has 1 fully saturated rings. The van der Waals surface area contributed by atoms with Crippen LogP contribution in [0, 0.1) is 0 Å². The van der Waals surface area contributed by atoms with Crippen LogP contribution in [-0.4, -0.2) is 42.3 Å². The zero-order valence-corrected chi connectivity index (χ0v) is 9.91. The molecule has 1 heterocycles. The lowest BCUT2D eigenvalue weighted by molar-refractivity contribution is 0.0125. The molecule has 0 saturated carbocycles. The number of nitrogens with zero attached hydrogens (tertiary/aromatic N) is 1. The molecule has 2 rings (SSSR count). The van der Waals surface area contributed by atoms with Gasteiger partial charge in [-0.25, -0.2) is 5.01 Å². The Hall–Kier alpha value is -1.30. The molecule has 0 radical (unpaired) electrons. The number of ether oxygens (including phenoxy) is 1. The zero-order chi connectivity index (χ0) is 12.3. The number of hydrogen-bond donors (Lipinski definition) is 2. The van der Waals surface area contributed by atoms with Gasteiger partial charge < -0.3 is 9.84 Å². The Morgan fingerprint density at radius 3 is 2.82 bits per heavy atom. The van der Waals surface area contributed by atoms with E-state index in [4.69, 9.17) is 16.3 Å². The maximum Gasteiger partial charge on any atom is 0.269 e. The first-order valence-electron chi connectivity index (χ1n) is 5.29. The van der Waals surface area contributed by atoms with E-state index in [0.717, 1.165) is 0 Å².